The summed E-state index contributed by atoms with van der Waals surface area (Å²) in [6, 6.07) is 25.7. The van der Waals surface area contributed by atoms with E-state index in [1.165, 1.54) is 17.8 Å². The first-order valence-corrected chi connectivity index (χ1v) is 13.2. The van der Waals surface area contributed by atoms with E-state index < -0.39 is 15.7 Å². The lowest BCUT2D eigenvalue weighted by Gasteiger charge is -2.39. The third-order valence-electron chi connectivity index (χ3n) is 5.48. The summed E-state index contributed by atoms with van der Waals surface area (Å²) in [5, 5.41) is 0. The summed E-state index contributed by atoms with van der Waals surface area (Å²) in [6.07, 6.45) is 0. The fourth-order valence-corrected chi connectivity index (χ4v) is 5.44. The van der Waals surface area contributed by atoms with E-state index in [1.54, 1.807) is 12.1 Å². The Morgan fingerprint density at radius 2 is 1.44 bits per heavy atom. The molecule has 1 aliphatic heterocycles. The summed E-state index contributed by atoms with van der Waals surface area (Å²) < 4.78 is 39.0. The van der Waals surface area contributed by atoms with Crippen LogP contribution in [0.1, 0.15) is 24.2 Å². The Labute approximate surface area is 205 Å². The largest absolute Gasteiger partial charge is 0.379 e. The zero-order chi connectivity index (χ0) is 24.6. The van der Waals surface area contributed by atoms with Crippen molar-refractivity contribution in [3.63, 3.8) is 0 Å². The van der Waals surface area contributed by atoms with Gasteiger partial charge in [-0.25, -0.2) is 0 Å². The van der Waals surface area contributed by atoms with E-state index in [-0.39, 0.29) is 16.2 Å². The van der Waals surface area contributed by atoms with Gasteiger partial charge in [0, 0.05) is 28.4 Å². The van der Waals surface area contributed by atoms with Crippen LogP contribution in [0.25, 0.3) is 0 Å². The second-order valence-corrected chi connectivity index (χ2v) is 10.7. The van der Waals surface area contributed by atoms with Crippen LogP contribution in [0.15, 0.2) is 99.6 Å². The van der Waals surface area contributed by atoms with Crippen LogP contribution in [0, 0.1) is 0 Å². The highest BCUT2D eigenvalue weighted by Crippen LogP contribution is 2.34. The van der Waals surface area contributed by atoms with Crippen molar-refractivity contribution < 1.29 is 22.5 Å². The normalized spacial score (nSPS) is 14.7. The van der Waals surface area contributed by atoms with Crippen LogP contribution in [0.4, 0.5) is 0 Å². The summed E-state index contributed by atoms with van der Waals surface area (Å²) in [5.41, 5.74) is -0.560. The van der Waals surface area contributed by atoms with Gasteiger partial charge in [-0.1, -0.05) is 72.4 Å². The third kappa shape index (κ3) is 7.01. The van der Waals surface area contributed by atoms with Crippen LogP contribution in [0.2, 0.25) is 0 Å². The minimum absolute atomic E-state index is 0.199. The SMILES string of the molecule is CC(C)(C(=O)c1ccc(Sc2ccccc2)c(S(=O)(=O)O)c1)N1CCOCC1.c1ccccc1. The van der Waals surface area contributed by atoms with E-state index in [0.717, 1.165) is 4.90 Å². The second-order valence-electron chi connectivity index (χ2n) is 8.19. The van der Waals surface area contributed by atoms with Gasteiger partial charge in [0.1, 0.15) is 4.90 Å². The average Bonchev–Trinajstić information content (AvgIpc) is 2.86. The van der Waals surface area contributed by atoms with Crippen molar-refractivity contribution >= 4 is 27.7 Å². The molecular weight excluding hydrogens is 470 g/mol. The highest BCUT2D eigenvalue weighted by atomic mass is 32.2. The monoisotopic (exact) mass is 499 g/mol. The zero-order valence-corrected chi connectivity index (χ0v) is 20.9. The number of carbonyl (C=O) groups is 1. The number of nitrogens with zero attached hydrogens (tertiary/aromatic N) is 1. The van der Waals surface area contributed by atoms with Gasteiger partial charge in [-0.15, -0.1) is 0 Å². The van der Waals surface area contributed by atoms with Gasteiger partial charge in [0.2, 0.25) is 0 Å². The van der Waals surface area contributed by atoms with Gasteiger partial charge in [0.05, 0.1) is 18.8 Å². The smallest absolute Gasteiger partial charge is 0.295 e. The van der Waals surface area contributed by atoms with Crippen LogP contribution in [0.5, 0.6) is 0 Å². The third-order valence-corrected chi connectivity index (χ3v) is 7.59. The van der Waals surface area contributed by atoms with E-state index >= 15 is 0 Å². The summed E-state index contributed by atoms with van der Waals surface area (Å²) in [6.45, 7) is 6.01. The highest BCUT2D eigenvalue weighted by Gasteiger charge is 2.36. The van der Waals surface area contributed by atoms with Gasteiger partial charge in [0.15, 0.2) is 5.78 Å². The Morgan fingerprint density at radius 3 is 1.97 bits per heavy atom. The standard InChI is InChI=1S/C20H23NO5S2.C6H6/c1-20(2,21-10-12-26-13-11-21)19(22)15-8-9-17(18(14-15)28(23,24)25)27-16-6-4-3-5-7-16;1-2-4-6-5-3-1/h3-9,14H,10-13H2,1-2H3,(H,23,24,25);1-6H. The molecule has 6 nitrogen and oxygen atoms in total. The molecule has 1 heterocycles. The second kappa shape index (κ2) is 11.8. The number of morpholine rings is 1. The van der Waals surface area contributed by atoms with E-state index in [9.17, 15) is 17.8 Å². The van der Waals surface area contributed by atoms with Crippen LogP contribution < -0.4 is 0 Å². The molecule has 1 fully saturated rings. The number of carbonyl (C=O) groups excluding carboxylic acids is 1. The molecule has 0 bridgehead atoms. The maximum absolute atomic E-state index is 13.1. The Kier molecular flexibility index (Phi) is 9.04. The molecule has 0 aromatic heterocycles. The molecule has 0 radical (unpaired) electrons. The molecule has 0 aliphatic carbocycles. The van der Waals surface area contributed by atoms with Crippen molar-refractivity contribution in [3.05, 3.63) is 90.5 Å². The molecule has 1 N–H and O–H groups in total. The lowest BCUT2D eigenvalue weighted by Crippen LogP contribution is -2.54. The topological polar surface area (TPSA) is 83.9 Å². The molecule has 0 atom stereocenters. The number of rotatable bonds is 6. The number of hydrogen-bond donors (Lipinski definition) is 1. The van der Waals surface area contributed by atoms with Crippen molar-refractivity contribution in [3.8, 4) is 0 Å². The summed E-state index contributed by atoms with van der Waals surface area (Å²) in [4.78, 5) is 16.1. The molecule has 0 spiro atoms. The van der Waals surface area contributed by atoms with Crippen LogP contribution >= 0.6 is 11.8 Å². The lowest BCUT2D eigenvalue weighted by atomic mass is 9.91. The van der Waals surface area contributed by atoms with Crippen molar-refractivity contribution in [1.29, 1.82) is 0 Å². The van der Waals surface area contributed by atoms with Crippen molar-refractivity contribution in [2.24, 2.45) is 0 Å². The molecule has 34 heavy (non-hydrogen) atoms. The Morgan fingerprint density at radius 1 is 0.912 bits per heavy atom. The first kappa shape index (κ1) is 26.1. The van der Waals surface area contributed by atoms with Gasteiger partial charge >= 0.3 is 0 Å². The Bertz CT molecular complexity index is 1150. The first-order valence-electron chi connectivity index (χ1n) is 10.9. The summed E-state index contributed by atoms with van der Waals surface area (Å²) >= 11 is 1.22. The fraction of sp³-hybridized carbons (Fsp3) is 0.269. The van der Waals surface area contributed by atoms with E-state index in [1.807, 2.05) is 85.5 Å². The molecule has 3 aromatic carbocycles. The molecular formula is C26H29NO5S2. The van der Waals surface area contributed by atoms with Gasteiger partial charge in [-0.3, -0.25) is 14.2 Å². The highest BCUT2D eigenvalue weighted by molar-refractivity contribution is 8.00. The average molecular weight is 500 g/mol. The zero-order valence-electron chi connectivity index (χ0n) is 19.3. The maximum atomic E-state index is 13.1. The molecule has 4 rings (SSSR count). The molecule has 1 saturated heterocycles. The Balaban J connectivity index is 0.000000469. The molecule has 3 aromatic rings. The van der Waals surface area contributed by atoms with Crippen molar-refractivity contribution in [2.45, 2.75) is 34.1 Å². The fourth-order valence-electron chi connectivity index (χ4n) is 3.55. The van der Waals surface area contributed by atoms with Crippen molar-refractivity contribution in [1.82, 2.24) is 4.90 Å². The van der Waals surface area contributed by atoms with Crippen molar-refractivity contribution in [2.75, 3.05) is 26.3 Å². The number of ketones is 1. The first-order chi connectivity index (χ1) is 16.2. The minimum Gasteiger partial charge on any atom is -0.379 e. The van der Waals surface area contributed by atoms with Crippen LogP contribution in [-0.2, 0) is 14.9 Å². The van der Waals surface area contributed by atoms with Gasteiger partial charge < -0.3 is 4.74 Å². The predicted molar refractivity (Wildman–Crippen MR) is 134 cm³/mol. The maximum Gasteiger partial charge on any atom is 0.295 e. The molecule has 1 aliphatic rings. The van der Waals surface area contributed by atoms with E-state index in [4.69, 9.17) is 4.74 Å². The lowest BCUT2D eigenvalue weighted by molar-refractivity contribution is -0.00430. The van der Waals surface area contributed by atoms with Crippen LogP contribution in [-0.4, -0.2) is 55.5 Å². The molecule has 0 amide bonds. The minimum atomic E-state index is -4.49. The Hall–Kier alpha value is -2.49. The predicted octanol–water partition coefficient (Wildman–Crippen LogP) is 5.06. The number of hydrogen-bond acceptors (Lipinski definition) is 6. The molecule has 0 unspecified atom stereocenters. The summed E-state index contributed by atoms with van der Waals surface area (Å²) in [5.74, 6) is -0.199. The molecule has 0 saturated carbocycles. The molecule has 8 heteroatoms. The van der Waals surface area contributed by atoms with Gasteiger partial charge in [-0.05, 0) is 38.1 Å². The van der Waals surface area contributed by atoms with Gasteiger partial charge in [-0.2, -0.15) is 8.42 Å². The van der Waals surface area contributed by atoms with Gasteiger partial charge in [0.25, 0.3) is 10.1 Å². The quantitative estimate of drug-likeness (QED) is 0.375. The van der Waals surface area contributed by atoms with E-state index in [2.05, 4.69) is 0 Å². The number of Topliss-reactive ketones (excluding diaryl/α,β-unsaturated/α-hetero) is 1. The molecule has 180 valence electrons. The number of benzene rings is 3. The summed E-state index contributed by atoms with van der Waals surface area (Å²) in [7, 11) is -4.49. The van der Waals surface area contributed by atoms with E-state index in [0.29, 0.717) is 31.2 Å². The van der Waals surface area contributed by atoms with Crippen LogP contribution in [0.3, 0.4) is 0 Å². The number of ether oxygens (including phenoxy) is 1.